The first-order chi connectivity index (χ1) is 11.6. The molecule has 1 heterocycles. The summed E-state index contributed by atoms with van der Waals surface area (Å²) in [5, 5.41) is 5.93. The highest BCUT2D eigenvalue weighted by Crippen LogP contribution is 2.27. The number of fused-ring (bicyclic) bond motifs is 1. The van der Waals surface area contributed by atoms with Gasteiger partial charge < -0.3 is 10.6 Å². The zero-order valence-corrected chi connectivity index (χ0v) is 13.8. The van der Waals surface area contributed by atoms with Crippen molar-refractivity contribution in [3.8, 4) is 0 Å². The van der Waals surface area contributed by atoms with Crippen LogP contribution in [0.2, 0.25) is 0 Å². The van der Waals surface area contributed by atoms with E-state index < -0.39 is 0 Å². The molecule has 0 bridgehead atoms. The quantitative estimate of drug-likeness (QED) is 0.886. The van der Waals surface area contributed by atoms with Crippen LogP contribution in [0.1, 0.15) is 36.9 Å². The number of carbonyl (C=O) groups is 2. The third-order valence-corrected chi connectivity index (χ3v) is 4.51. The van der Waals surface area contributed by atoms with Crippen molar-refractivity contribution in [2.45, 2.75) is 32.2 Å². The molecule has 0 saturated heterocycles. The zero-order chi connectivity index (χ0) is 16.9. The van der Waals surface area contributed by atoms with Gasteiger partial charge in [0, 0.05) is 18.0 Å². The molecular formula is C20H22N2O2. The maximum atomic E-state index is 12.2. The van der Waals surface area contributed by atoms with Gasteiger partial charge in [-0.15, -0.1) is 0 Å². The van der Waals surface area contributed by atoms with Gasteiger partial charge in [-0.2, -0.15) is 0 Å². The lowest BCUT2D eigenvalue weighted by Gasteiger charge is -2.24. The summed E-state index contributed by atoms with van der Waals surface area (Å²) in [6.45, 7) is 1.97. The van der Waals surface area contributed by atoms with E-state index in [9.17, 15) is 9.59 Å². The third kappa shape index (κ3) is 3.82. The van der Waals surface area contributed by atoms with E-state index in [4.69, 9.17) is 0 Å². The average Bonchev–Trinajstić information content (AvgIpc) is 2.60. The molecule has 2 atom stereocenters. The van der Waals surface area contributed by atoms with Crippen LogP contribution in [0.5, 0.6) is 0 Å². The molecule has 0 aromatic heterocycles. The van der Waals surface area contributed by atoms with Gasteiger partial charge in [0.2, 0.25) is 11.8 Å². The second kappa shape index (κ2) is 7.30. The molecule has 2 aromatic carbocycles. The fourth-order valence-corrected chi connectivity index (χ4v) is 3.09. The standard InChI is InChI=1S/C20H22N2O2/c1-14(15-7-3-2-4-8-15)21-19(23)12-11-17-13-16-9-5-6-10-18(16)22-20(17)24/h2-10,14,17H,11-13H2,1H3,(H,21,23)(H,22,24)/t14-,17-/m0/s1. The van der Waals surface area contributed by atoms with E-state index in [1.54, 1.807) is 0 Å². The van der Waals surface area contributed by atoms with Gasteiger partial charge in [-0.1, -0.05) is 48.5 Å². The molecule has 0 unspecified atom stereocenters. The number of rotatable bonds is 5. The molecule has 2 N–H and O–H groups in total. The fraction of sp³-hybridized carbons (Fsp3) is 0.300. The van der Waals surface area contributed by atoms with Crippen LogP contribution in [0.15, 0.2) is 54.6 Å². The summed E-state index contributed by atoms with van der Waals surface area (Å²) in [4.78, 5) is 24.3. The number of carbonyl (C=O) groups excluding carboxylic acids is 2. The Balaban J connectivity index is 1.52. The molecule has 1 aliphatic rings. The van der Waals surface area contributed by atoms with Crippen LogP contribution in [0.25, 0.3) is 0 Å². The van der Waals surface area contributed by atoms with E-state index in [0.29, 0.717) is 19.3 Å². The van der Waals surface area contributed by atoms with E-state index in [1.165, 1.54) is 0 Å². The minimum atomic E-state index is -0.141. The maximum absolute atomic E-state index is 12.2. The predicted molar refractivity (Wildman–Crippen MR) is 94.5 cm³/mol. The molecule has 4 nitrogen and oxygen atoms in total. The van der Waals surface area contributed by atoms with Crippen LogP contribution in [-0.2, 0) is 16.0 Å². The largest absolute Gasteiger partial charge is 0.350 e. The lowest BCUT2D eigenvalue weighted by molar-refractivity contribution is -0.123. The summed E-state index contributed by atoms with van der Waals surface area (Å²) in [5.74, 6) is -0.145. The van der Waals surface area contributed by atoms with Crippen LogP contribution < -0.4 is 10.6 Å². The average molecular weight is 322 g/mol. The first-order valence-electron chi connectivity index (χ1n) is 8.36. The number of benzene rings is 2. The number of hydrogen-bond donors (Lipinski definition) is 2. The molecular weight excluding hydrogens is 300 g/mol. The van der Waals surface area contributed by atoms with Gasteiger partial charge in [-0.05, 0) is 37.0 Å². The van der Waals surface area contributed by atoms with Crippen molar-refractivity contribution < 1.29 is 9.59 Å². The lowest BCUT2D eigenvalue weighted by Crippen LogP contribution is -2.32. The van der Waals surface area contributed by atoms with Gasteiger partial charge >= 0.3 is 0 Å². The number of para-hydroxylation sites is 1. The monoisotopic (exact) mass is 322 g/mol. The van der Waals surface area contributed by atoms with Crippen molar-refractivity contribution in [1.82, 2.24) is 5.32 Å². The van der Waals surface area contributed by atoms with Crippen LogP contribution in [0.3, 0.4) is 0 Å². The van der Waals surface area contributed by atoms with Gasteiger partial charge in [0.05, 0.1) is 6.04 Å². The third-order valence-electron chi connectivity index (χ3n) is 4.51. The van der Waals surface area contributed by atoms with Gasteiger partial charge in [-0.25, -0.2) is 0 Å². The Bertz CT molecular complexity index is 727. The molecule has 1 aliphatic heterocycles. The van der Waals surface area contributed by atoms with E-state index in [0.717, 1.165) is 16.8 Å². The summed E-state index contributed by atoms with van der Waals surface area (Å²) < 4.78 is 0. The highest BCUT2D eigenvalue weighted by molar-refractivity contribution is 5.96. The molecule has 124 valence electrons. The smallest absolute Gasteiger partial charge is 0.227 e. The van der Waals surface area contributed by atoms with E-state index in [2.05, 4.69) is 10.6 Å². The van der Waals surface area contributed by atoms with Gasteiger partial charge in [0.25, 0.3) is 0 Å². The topological polar surface area (TPSA) is 58.2 Å². The van der Waals surface area contributed by atoms with Gasteiger partial charge in [-0.3, -0.25) is 9.59 Å². The molecule has 0 saturated carbocycles. The van der Waals surface area contributed by atoms with Crippen molar-refractivity contribution in [3.05, 3.63) is 65.7 Å². The van der Waals surface area contributed by atoms with Crippen LogP contribution >= 0.6 is 0 Å². The highest BCUT2D eigenvalue weighted by Gasteiger charge is 2.26. The molecule has 0 radical (unpaired) electrons. The normalized spacial score (nSPS) is 17.5. The number of hydrogen-bond acceptors (Lipinski definition) is 2. The Morgan fingerprint density at radius 2 is 1.88 bits per heavy atom. The fourth-order valence-electron chi connectivity index (χ4n) is 3.09. The Morgan fingerprint density at radius 1 is 1.17 bits per heavy atom. The van der Waals surface area contributed by atoms with Gasteiger partial charge in [0.1, 0.15) is 0 Å². The van der Waals surface area contributed by atoms with Crippen molar-refractivity contribution in [3.63, 3.8) is 0 Å². The molecule has 2 aromatic rings. The Hall–Kier alpha value is -2.62. The number of nitrogens with one attached hydrogen (secondary N) is 2. The zero-order valence-electron chi connectivity index (χ0n) is 13.8. The summed E-state index contributed by atoms with van der Waals surface area (Å²) in [5.41, 5.74) is 3.11. The van der Waals surface area contributed by atoms with E-state index >= 15 is 0 Å². The van der Waals surface area contributed by atoms with E-state index in [1.807, 2.05) is 61.5 Å². The predicted octanol–water partition coefficient (Wildman–Crippen LogP) is 3.46. The molecule has 2 amide bonds. The minimum Gasteiger partial charge on any atom is -0.350 e. The molecule has 0 aliphatic carbocycles. The summed E-state index contributed by atoms with van der Waals surface area (Å²) in [6.07, 6.45) is 1.62. The van der Waals surface area contributed by atoms with Crippen LogP contribution in [0, 0.1) is 5.92 Å². The maximum Gasteiger partial charge on any atom is 0.227 e. The van der Waals surface area contributed by atoms with Crippen molar-refractivity contribution >= 4 is 17.5 Å². The lowest BCUT2D eigenvalue weighted by atomic mass is 9.89. The van der Waals surface area contributed by atoms with E-state index in [-0.39, 0.29) is 23.8 Å². The molecule has 24 heavy (non-hydrogen) atoms. The Morgan fingerprint density at radius 3 is 2.67 bits per heavy atom. The second-order valence-electron chi connectivity index (χ2n) is 6.29. The highest BCUT2D eigenvalue weighted by atomic mass is 16.2. The first-order valence-corrected chi connectivity index (χ1v) is 8.36. The SMILES string of the molecule is C[C@H](NC(=O)CC[C@H]1Cc2ccccc2NC1=O)c1ccccc1. The van der Waals surface area contributed by atoms with Crippen molar-refractivity contribution in [2.24, 2.45) is 5.92 Å². The van der Waals surface area contributed by atoms with Crippen molar-refractivity contribution in [2.75, 3.05) is 5.32 Å². The van der Waals surface area contributed by atoms with Crippen LogP contribution in [-0.4, -0.2) is 11.8 Å². The van der Waals surface area contributed by atoms with Crippen LogP contribution in [0.4, 0.5) is 5.69 Å². The minimum absolute atomic E-state index is 0.0117. The second-order valence-corrected chi connectivity index (χ2v) is 6.29. The first kappa shape index (κ1) is 16.2. The Kier molecular flexibility index (Phi) is 4.94. The summed E-state index contributed by atoms with van der Waals surface area (Å²) >= 11 is 0. The molecule has 4 heteroatoms. The Labute approximate surface area is 142 Å². The van der Waals surface area contributed by atoms with Gasteiger partial charge in [0.15, 0.2) is 0 Å². The molecule has 0 spiro atoms. The molecule has 0 fully saturated rings. The summed E-state index contributed by atoms with van der Waals surface area (Å²) in [7, 11) is 0. The number of amides is 2. The van der Waals surface area contributed by atoms with Crippen molar-refractivity contribution in [1.29, 1.82) is 0 Å². The number of anilines is 1. The summed E-state index contributed by atoms with van der Waals surface area (Å²) in [6, 6.07) is 17.7. The molecule has 3 rings (SSSR count).